The first-order valence-electron chi connectivity index (χ1n) is 7.10. The molecule has 0 bridgehead atoms. The molecular weight excluding hydrogens is 397 g/mol. The standard InChI is InChI=1S/C15H20IN3O3/c1-2-8-17-13(20)7-9-18-14(21)10-19-15(22)11-5-3-4-6-12(11)16/h3-6H,2,7-10H2,1H3,(H,17,20)(H,18,21)(H,19,22). The number of amides is 3. The Morgan fingerprint density at radius 3 is 2.36 bits per heavy atom. The van der Waals surface area contributed by atoms with Gasteiger partial charge in [0.05, 0.1) is 12.1 Å². The number of hydrogen-bond acceptors (Lipinski definition) is 3. The average Bonchev–Trinajstić information content (AvgIpc) is 2.51. The molecule has 0 aromatic heterocycles. The zero-order valence-electron chi connectivity index (χ0n) is 12.4. The minimum atomic E-state index is -0.317. The van der Waals surface area contributed by atoms with Crippen molar-refractivity contribution in [3.63, 3.8) is 0 Å². The molecule has 6 nitrogen and oxygen atoms in total. The maximum atomic E-state index is 11.9. The summed E-state index contributed by atoms with van der Waals surface area (Å²) in [6.45, 7) is 2.75. The van der Waals surface area contributed by atoms with Gasteiger partial charge in [-0.1, -0.05) is 19.1 Å². The second-order valence-electron chi connectivity index (χ2n) is 4.61. The van der Waals surface area contributed by atoms with E-state index in [4.69, 9.17) is 0 Å². The fraction of sp³-hybridized carbons (Fsp3) is 0.400. The summed E-state index contributed by atoms with van der Waals surface area (Å²) in [5.41, 5.74) is 0.537. The lowest BCUT2D eigenvalue weighted by atomic mass is 10.2. The summed E-state index contributed by atoms with van der Waals surface area (Å²) in [5.74, 6) is -0.701. The minimum Gasteiger partial charge on any atom is -0.356 e. The van der Waals surface area contributed by atoms with E-state index in [9.17, 15) is 14.4 Å². The first kappa shape index (κ1) is 18.4. The first-order valence-corrected chi connectivity index (χ1v) is 8.18. The highest BCUT2D eigenvalue weighted by molar-refractivity contribution is 14.1. The summed E-state index contributed by atoms with van der Waals surface area (Å²) >= 11 is 2.07. The number of nitrogens with one attached hydrogen (secondary N) is 3. The van der Waals surface area contributed by atoms with Crippen LogP contribution in [-0.2, 0) is 9.59 Å². The molecule has 0 spiro atoms. The van der Waals surface area contributed by atoms with Crippen LogP contribution in [0.2, 0.25) is 0 Å². The van der Waals surface area contributed by atoms with Crippen molar-refractivity contribution in [1.29, 1.82) is 0 Å². The van der Waals surface area contributed by atoms with E-state index in [0.717, 1.165) is 9.99 Å². The number of carbonyl (C=O) groups is 3. The molecule has 120 valence electrons. The Labute approximate surface area is 143 Å². The molecule has 0 aliphatic heterocycles. The Kier molecular flexibility index (Phi) is 8.49. The van der Waals surface area contributed by atoms with E-state index in [2.05, 4.69) is 38.5 Å². The van der Waals surface area contributed by atoms with E-state index >= 15 is 0 Å². The third-order valence-electron chi connectivity index (χ3n) is 2.77. The fourth-order valence-corrected chi connectivity index (χ4v) is 2.26. The second-order valence-corrected chi connectivity index (χ2v) is 5.77. The molecule has 22 heavy (non-hydrogen) atoms. The third kappa shape index (κ3) is 6.88. The smallest absolute Gasteiger partial charge is 0.252 e. The van der Waals surface area contributed by atoms with Gasteiger partial charge in [-0.15, -0.1) is 0 Å². The highest BCUT2D eigenvalue weighted by atomic mass is 127. The quantitative estimate of drug-likeness (QED) is 0.553. The van der Waals surface area contributed by atoms with Crippen molar-refractivity contribution < 1.29 is 14.4 Å². The summed E-state index contributed by atoms with van der Waals surface area (Å²) in [5, 5.41) is 7.87. The number of hydrogen-bond donors (Lipinski definition) is 3. The molecular formula is C15H20IN3O3. The summed E-state index contributed by atoms with van der Waals surface area (Å²) in [7, 11) is 0. The van der Waals surface area contributed by atoms with Gasteiger partial charge in [0.2, 0.25) is 11.8 Å². The molecule has 0 aliphatic rings. The van der Waals surface area contributed by atoms with E-state index in [1.807, 2.05) is 19.1 Å². The van der Waals surface area contributed by atoms with Gasteiger partial charge in [-0.3, -0.25) is 14.4 Å². The summed E-state index contributed by atoms with van der Waals surface area (Å²) in [6, 6.07) is 7.14. The molecule has 0 aliphatic carbocycles. The molecule has 1 rings (SSSR count). The molecule has 3 amide bonds. The van der Waals surface area contributed by atoms with E-state index < -0.39 is 0 Å². The van der Waals surface area contributed by atoms with Gasteiger partial charge in [0, 0.05) is 23.1 Å². The van der Waals surface area contributed by atoms with Crippen molar-refractivity contribution in [3.05, 3.63) is 33.4 Å². The largest absolute Gasteiger partial charge is 0.356 e. The van der Waals surface area contributed by atoms with E-state index in [1.165, 1.54) is 0 Å². The number of halogens is 1. The van der Waals surface area contributed by atoms with Crippen LogP contribution in [0.15, 0.2) is 24.3 Å². The van der Waals surface area contributed by atoms with Crippen LogP contribution in [0.3, 0.4) is 0 Å². The monoisotopic (exact) mass is 417 g/mol. The normalized spacial score (nSPS) is 9.91. The van der Waals surface area contributed by atoms with Crippen molar-refractivity contribution in [1.82, 2.24) is 16.0 Å². The van der Waals surface area contributed by atoms with Gasteiger partial charge in [-0.25, -0.2) is 0 Å². The Balaban J connectivity index is 2.25. The maximum absolute atomic E-state index is 11.9. The second kappa shape index (κ2) is 10.1. The van der Waals surface area contributed by atoms with Crippen LogP contribution in [0.1, 0.15) is 30.1 Å². The van der Waals surface area contributed by atoms with Crippen LogP contribution in [0.5, 0.6) is 0 Å². The third-order valence-corrected chi connectivity index (χ3v) is 3.72. The van der Waals surface area contributed by atoms with Crippen molar-refractivity contribution >= 4 is 40.3 Å². The zero-order valence-corrected chi connectivity index (χ0v) is 14.6. The Morgan fingerprint density at radius 1 is 1.00 bits per heavy atom. The molecule has 3 N–H and O–H groups in total. The molecule has 0 radical (unpaired) electrons. The number of rotatable bonds is 8. The molecule has 0 heterocycles. The summed E-state index contributed by atoms with van der Waals surface area (Å²) in [4.78, 5) is 34.8. The van der Waals surface area contributed by atoms with Gasteiger partial charge >= 0.3 is 0 Å². The maximum Gasteiger partial charge on any atom is 0.252 e. The topological polar surface area (TPSA) is 87.3 Å². The Hall–Kier alpha value is -1.64. The van der Waals surface area contributed by atoms with E-state index in [1.54, 1.807) is 12.1 Å². The highest BCUT2D eigenvalue weighted by Gasteiger charge is 2.10. The highest BCUT2D eigenvalue weighted by Crippen LogP contribution is 2.10. The van der Waals surface area contributed by atoms with Gasteiger partial charge in [0.15, 0.2) is 0 Å². The molecule has 7 heteroatoms. The van der Waals surface area contributed by atoms with Crippen molar-refractivity contribution in [2.45, 2.75) is 19.8 Å². The van der Waals surface area contributed by atoms with Crippen molar-refractivity contribution in [3.8, 4) is 0 Å². The van der Waals surface area contributed by atoms with Crippen LogP contribution >= 0.6 is 22.6 Å². The fourth-order valence-electron chi connectivity index (χ4n) is 1.63. The van der Waals surface area contributed by atoms with Gasteiger partial charge in [-0.2, -0.15) is 0 Å². The van der Waals surface area contributed by atoms with Crippen LogP contribution < -0.4 is 16.0 Å². The molecule has 1 aromatic rings. The minimum absolute atomic E-state index is 0.0926. The van der Waals surface area contributed by atoms with Gasteiger partial charge < -0.3 is 16.0 Å². The van der Waals surface area contributed by atoms with Crippen LogP contribution in [0, 0.1) is 3.57 Å². The van der Waals surface area contributed by atoms with E-state index in [0.29, 0.717) is 12.1 Å². The predicted molar refractivity (Wildman–Crippen MR) is 92.4 cm³/mol. The Morgan fingerprint density at radius 2 is 1.68 bits per heavy atom. The van der Waals surface area contributed by atoms with Crippen molar-refractivity contribution in [2.24, 2.45) is 0 Å². The number of carbonyl (C=O) groups excluding carboxylic acids is 3. The van der Waals surface area contributed by atoms with Gasteiger partial charge in [0.1, 0.15) is 0 Å². The summed E-state index contributed by atoms with van der Waals surface area (Å²) in [6.07, 6.45) is 1.11. The lowest BCUT2D eigenvalue weighted by Crippen LogP contribution is -2.38. The predicted octanol–water partition coefficient (Wildman–Crippen LogP) is 1.05. The molecule has 0 fully saturated rings. The number of benzene rings is 1. The first-order chi connectivity index (χ1) is 10.5. The average molecular weight is 417 g/mol. The summed E-state index contributed by atoms with van der Waals surface area (Å²) < 4.78 is 0.825. The van der Waals surface area contributed by atoms with Crippen LogP contribution in [0.4, 0.5) is 0 Å². The molecule has 0 unspecified atom stereocenters. The lowest BCUT2D eigenvalue weighted by Gasteiger charge is -2.08. The van der Waals surface area contributed by atoms with Gasteiger partial charge in [-0.05, 0) is 41.1 Å². The van der Waals surface area contributed by atoms with Gasteiger partial charge in [0.25, 0.3) is 5.91 Å². The van der Waals surface area contributed by atoms with E-state index in [-0.39, 0.29) is 37.2 Å². The molecule has 0 saturated heterocycles. The van der Waals surface area contributed by atoms with Crippen molar-refractivity contribution in [2.75, 3.05) is 19.6 Å². The SMILES string of the molecule is CCCNC(=O)CCNC(=O)CNC(=O)c1ccccc1I. The molecule has 0 saturated carbocycles. The lowest BCUT2D eigenvalue weighted by molar-refractivity contribution is -0.121. The Bertz CT molecular complexity index is 535. The van der Waals surface area contributed by atoms with Crippen LogP contribution in [-0.4, -0.2) is 37.4 Å². The molecule has 0 atom stereocenters. The molecule has 1 aromatic carbocycles. The van der Waals surface area contributed by atoms with Crippen LogP contribution in [0.25, 0.3) is 0 Å². The zero-order chi connectivity index (χ0) is 16.4.